The lowest BCUT2D eigenvalue weighted by atomic mass is 10.0. The second-order valence-electron chi connectivity index (χ2n) is 3.41. The van der Waals surface area contributed by atoms with E-state index < -0.39 is 5.97 Å². The van der Waals surface area contributed by atoms with Crippen molar-refractivity contribution in [2.24, 2.45) is 0 Å². The monoisotopic (exact) mass is 199 g/mol. The van der Waals surface area contributed by atoms with Gasteiger partial charge in [-0.2, -0.15) is 5.26 Å². The number of esters is 1. The van der Waals surface area contributed by atoms with E-state index in [1.54, 1.807) is 0 Å². The van der Waals surface area contributed by atoms with E-state index >= 15 is 0 Å². The molecule has 0 bridgehead atoms. The second-order valence-corrected chi connectivity index (χ2v) is 3.41. The highest BCUT2D eigenvalue weighted by atomic mass is 16.5. The van der Waals surface area contributed by atoms with Crippen LogP contribution in [-0.2, 0) is 9.53 Å². The van der Waals surface area contributed by atoms with Crippen LogP contribution in [0.3, 0.4) is 0 Å². The van der Waals surface area contributed by atoms with Crippen molar-refractivity contribution >= 4 is 11.5 Å². The molecule has 3 nitrogen and oxygen atoms in total. The van der Waals surface area contributed by atoms with Crippen LogP contribution in [0, 0.1) is 18.3 Å². The molecule has 0 N–H and O–H groups in total. The van der Waals surface area contributed by atoms with Crippen LogP contribution >= 0.6 is 0 Å². The zero-order chi connectivity index (χ0) is 10.8. The van der Waals surface area contributed by atoms with E-state index in [2.05, 4.69) is 0 Å². The predicted octanol–water partition coefficient (Wildman–Crippen LogP) is 1.83. The fourth-order valence-corrected chi connectivity index (χ4v) is 1.50. The lowest BCUT2D eigenvalue weighted by molar-refractivity contribution is -0.135. The largest absolute Gasteiger partial charge is 0.457 e. The summed E-state index contributed by atoms with van der Waals surface area (Å²) in [4.78, 5) is 11.2. The van der Waals surface area contributed by atoms with Gasteiger partial charge in [0.25, 0.3) is 0 Å². The average Bonchev–Trinajstić information content (AvgIpc) is 2.61. The minimum absolute atomic E-state index is 0.124. The van der Waals surface area contributed by atoms with Crippen molar-refractivity contribution in [2.45, 2.75) is 6.92 Å². The summed E-state index contributed by atoms with van der Waals surface area (Å²) in [6, 6.07) is 9.56. The molecule has 0 fully saturated rings. The molecule has 2 rings (SSSR count). The molecule has 0 unspecified atom stereocenters. The minimum Gasteiger partial charge on any atom is -0.457 e. The molecule has 1 aromatic carbocycles. The summed E-state index contributed by atoms with van der Waals surface area (Å²) in [7, 11) is 0. The molecule has 0 radical (unpaired) electrons. The zero-order valence-electron chi connectivity index (χ0n) is 8.28. The third-order valence-electron chi connectivity index (χ3n) is 2.37. The minimum atomic E-state index is -0.520. The SMILES string of the molecule is Cc1ccc(C2=C(C#N)C(=O)OC2)cc1. The maximum Gasteiger partial charge on any atom is 0.349 e. The molecular formula is C12H9NO2. The van der Waals surface area contributed by atoms with E-state index in [4.69, 9.17) is 10.00 Å². The Morgan fingerprint density at radius 1 is 1.33 bits per heavy atom. The number of hydrogen-bond acceptors (Lipinski definition) is 3. The Bertz CT molecular complexity index is 477. The normalized spacial score (nSPS) is 15.1. The first-order valence-corrected chi connectivity index (χ1v) is 4.60. The van der Waals surface area contributed by atoms with Crippen LogP contribution < -0.4 is 0 Å². The number of cyclic esters (lactones) is 1. The quantitative estimate of drug-likeness (QED) is 0.648. The van der Waals surface area contributed by atoms with Crippen LogP contribution in [0.15, 0.2) is 29.8 Å². The number of aryl methyl sites for hydroxylation is 1. The van der Waals surface area contributed by atoms with Gasteiger partial charge < -0.3 is 4.74 Å². The topological polar surface area (TPSA) is 50.1 Å². The van der Waals surface area contributed by atoms with Gasteiger partial charge in [0.1, 0.15) is 18.2 Å². The highest BCUT2D eigenvalue weighted by Crippen LogP contribution is 2.25. The lowest BCUT2D eigenvalue weighted by Crippen LogP contribution is -1.96. The molecule has 1 aromatic rings. The lowest BCUT2D eigenvalue weighted by Gasteiger charge is -2.00. The maximum atomic E-state index is 11.2. The predicted molar refractivity (Wildman–Crippen MR) is 54.7 cm³/mol. The summed E-state index contributed by atoms with van der Waals surface area (Å²) in [5.41, 5.74) is 2.83. The molecule has 0 aromatic heterocycles. The fourth-order valence-electron chi connectivity index (χ4n) is 1.50. The number of nitrogens with zero attached hydrogens (tertiary/aromatic N) is 1. The first kappa shape index (κ1) is 9.47. The van der Waals surface area contributed by atoms with Crippen molar-refractivity contribution in [2.75, 3.05) is 6.61 Å². The van der Waals surface area contributed by atoms with Gasteiger partial charge in [0.15, 0.2) is 0 Å². The molecule has 0 spiro atoms. The van der Waals surface area contributed by atoms with Gasteiger partial charge in [0, 0.05) is 5.57 Å². The molecule has 0 aliphatic carbocycles. The van der Waals surface area contributed by atoms with E-state index in [0.29, 0.717) is 5.57 Å². The number of hydrogen-bond donors (Lipinski definition) is 0. The van der Waals surface area contributed by atoms with Gasteiger partial charge in [-0.15, -0.1) is 0 Å². The van der Waals surface area contributed by atoms with Gasteiger partial charge in [-0.1, -0.05) is 29.8 Å². The molecule has 0 atom stereocenters. The molecular weight excluding hydrogens is 190 g/mol. The summed E-state index contributed by atoms with van der Waals surface area (Å²) >= 11 is 0. The summed E-state index contributed by atoms with van der Waals surface area (Å²) in [5, 5.41) is 8.81. The summed E-state index contributed by atoms with van der Waals surface area (Å²) < 4.78 is 4.82. The second kappa shape index (κ2) is 3.58. The summed E-state index contributed by atoms with van der Waals surface area (Å²) in [5.74, 6) is -0.520. The molecule has 1 aliphatic heterocycles. The number of carbonyl (C=O) groups is 1. The van der Waals surface area contributed by atoms with Gasteiger partial charge >= 0.3 is 5.97 Å². The Labute approximate surface area is 87.6 Å². The summed E-state index contributed by atoms with van der Waals surface area (Å²) in [6.45, 7) is 2.18. The standard InChI is InChI=1S/C12H9NO2/c1-8-2-4-9(5-3-8)11-7-15-12(14)10(11)6-13/h2-5H,7H2,1H3. The van der Waals surface area contributed by atoms with Crippen LogP contribution in [0.2, 0.25) is 0 Å². The molecule has 0 saturated heterocycles. The number of ether oxygens (including phenoxy) is 1. The average molecular weight is 199 g/mol. The van der Waals surface area contributed by atoms with Crippen LogP contribution in [0.5, 0.6) is 0 Å². The maximum absolute atomic E-state index is 11.2. The number of carbonyl (C=O) groups excluding carboxylic acids is 1. The molecule has 1 aliphatic rings. The highest BCUT2D eigenvalue weighted by molar-refractivity contribution is 6.05. The van der Waals surface area contributed by atoms with E-state index in [0.717, 1.165) is 11.1 Å². The molecule has 1 heterocycles. The third-order valence-corrected chi connectivity index (χ3v) is 2.37. The number of benzene rings is 1. The summed E-state index contributed by atoms with van der Waals surface area (Å²) in [6.07, 6.45) is 0. The Morgan fingerprint density at radius 3 is 2.60 bits per heavy atom. The Balaban J connectivity index is 2.48. The Morgan fingerprint density at radius 2 is 2.00 bits per heavy atom. The van der Waals surface area contributed by atoms with Crippen molar-refractivity contribution in [3.63, 3.8) is 0 Å². The molecule has 74 valence electrons. The van der Waals surface area contributed by atoms with Crippen molar-refractivity contribution in [3.8, 4) is 6.07 Å². The number of nitriles is 1. The smallest absolute Gasteiger partial charge is 0.349 e. The Kier molecular flexibility index (Phi) is 2.26. The van der Waals surface area contributed by atoms with E-state index in [9.17, 15) is 4.79 Å². The molecule has 0 saturated carbocycles. The van der Waals surface area contributed by atoms with Gasteiger partial charge in [-0.05, 0) is 12.5 Å². The third kappa shape index (κ3) is 1.62. The Hall–Kier alpha value is -2.08. The highest BCUT2D eigenvalue weighted by Gasteiger charge is 2.25. The van der Waals surface area contributed by atoms with E-state index in [1.165, 1.54) is 0 Å². The van der Waals surface area contributed by atoms with E-state index in [1.807, 2.05) is 37.3 Å². The van der Waals surface area contributed by atoms with Crippen LogP contribution in [0.25, 0.3) is 5.57 Å². The number of rotatable bonds is 1. The van der Waals surface area contributed by atoms with Gasteiger partial charge in [-0.3, -0.25) is 0 Å². The first-order valence-electron chi connectivity index (χ1n) is 4.60. The van der Waals surface area contributed by atoms with E-state index in [-0.39, 0.29) is 12.2 Å². The first-order chi connectivity index (χ1) is 7.22. The van der Waals surface area contributed by atoms with Crippen LogP contribution in [-0.4, -0.2) is 12.6 Å². The van der Waals surface area contributed by atoms with Crippen molar-refractivity contribution in [1.82, 2.24) is 0 Å². The molecule has 3 heteroatoms. The van der Waals surface area contributed by atoms with Crippen molar-refractivity contribution in [3.05, 3.63) is 41.0 Å². The van der Waals surface area contributed by atoms with Crippen molar-refractivity contribution < 1.29 is 9.53 Å². The van der Waals surface area contributed by atoms with Crippen LogP contribution in [0.4, 0.5) is 0 Å². The zero-order valence-corrected chi connectivity index (χ0v) is 8.28. The van der Waals surface area contributed by atoms with Crippen LogP contribution in [0.1, 0.15) is 11.1 Å². The molecule has 0 amide bonds. The van der Waals surface area contributed by atoms with Gasteiger partial charge in [0.05, 0.1) is 0 Å². The van der Waals surface area contributed by atoms with Crippen molar-refractivity contribution in [1.29, 1.82) is 5.26 Å². The van der Waals surface area contributed by atoms with Gasteiger partial charge in [-0.25, -0.2) is 4.79 Å². The fraction of sp³-hybridized carbons (Fsp3) is 0.167. The van der Waals surface area contributed by atoms with Gasteiger partial charge in [0.2, 0.25) is 0 Å². The molecule has 15 heavy (non-hydrogen) atoms.